The predicted molar refractivity (Wildman–Crippen MR) is 147 cm³/mol. The first kappa shape index (κ1) is 25.4. The van der Waals surface area contributed by atoms with Gasteiger partial charge in [0.2, 0.25) is 0 Å². The zero-order valence-corrected chi connectivity index (χ0v) is 24.0. The average molecular weight is 639 g/mol. The number of ether oxygens (including phenoxy) is 1. The Morgan fingerprint density at radius 2 is 1.84 bits per heavy atom. The van der Waals surface area contributed by atoms with Crippen LogP contribution < -0.4 is 0 Å². The summed E-state index contributed by atoms with van der Waals surface area (Å²) in [6, 6.07) is 3.27. The van der Waals surface area contributed by atoms with Crippen LogP contribution in [0.4, 0.5) is 4.39 Å². The number of thiazole rings is 1. The lowest BCUT2D eigenvalue weighted by Gasteiger charge is -2.41. The van der Waals surface area contributed by atoms with Crippen molar-refractivity contribution in [1.82, 2.24) is 15.1 Å². The molecule has 198 valence electrons. The van der Waals surface area contributed by atoms with Gasteiger partial charge in [-0.3, -0.25) is 4.98 Å². The van der Waals surface area contributed by atoms with Crippen molar-refractivity contribution in [3.8, 4) is 11.3 Å². The van der Waals surface area contributed by atoms with Crippen molar-refractivity contribution in [3.05, 3.63) is 61.2 Å². The maximum Gasteiger partial charge on any atom is 0.151 e. The molecule has 3 aliphatic rings. The number of benzene rings is 1. The van der Waals surface area contributed by atoms with Gasteiger partial charge in [-0.15, -0.1) is 11.3 Å². The number of hydrogen-bond acceptors (Lipinski definition) is 7. The molecule has 1 N–H and O–H groups in total. The predicted octanol–water partition coefficient (Wildman–Crippen LogP) is 8.03. The molecule has 0 radical (unpaired) electrons. The monoisotopic (exact) mass is 637 g/mol. The average Bonchev–Trinajstić information content (AvgIpc) is 3.46. The van der Waals surface area contributed by atoms with Crippen LogP contribution in [-0.4, -0.2) is 26.3 Å². The lowest BCUT2D eigenvalue weighted by atomic mass is 9.73. The number of halogens is 4. The van der Waals surface area contributed by atoms with E-state index in [2.05, 4.69) is 31.1 Å². The van der Waals surface area contributed by atoms with Gasteiger partial charge in [-0.05, 0) is 62.5 Å². The van der Waals surface area contributed by atoms with Crippen molar-refractivity contribution in [3.63, 3.8) is 0 Å². The first-order chi connectivity index (χ1) is 18.3. The van der Waals surface area contributed by atoms with E-state index in [1.165, 1.54) is 17.4 Å². The zero-order valence-electron chi connectivity index (χ0n) is 20.1. The van der Waals surface area contributed by atoms with Crippen LogP contribution in [0.25, 0.3) is 21.5 Å². The molecule has 3 aromatic heterocycles. The summed E-state index contributed by atoms with van der Waals surface area (Å²) in [5.74, 6) is 0.776. The molecular weight excluding hydrogens is 616 g/mol. The summed E-state index contributed by atoms with van der Waals surface area (Å²) in [6.07, 6.45) is 8.34. The molecule has 7 rings (SSSR count). The second-order valence-electron chi connectivity index (χ2n) is 10.6. The highest BCUT2D eigenvalue weighted by Gasteiger charge is 2.56. The zero-order chi connectivity index (χ0) is 26.2. The summed E-state index contributed by atoms with van der Waals surface area (Å²) in [6.45, 7) is 0.322. The molecule has 3 saturated carbocycles. The standard InChI is InChI=1S/C27H23BrCl2FN3O3S/c28-15-7-20(31)24-21(8-15)38-26(33-24)27(35)13-3-4-14(27)6-16(5-13)36-11-17-23(34-37-25(17)12-1-2-12)22-18(29)9-32-10-19(22)30/h7-10,12-14,16,35H,1-6,11H2/t13-,14+,16+,27-. The van der Waals surface area contributed by atoms with Gasteiger partial charge in [-0.2, -0.15) is 0 Å². The minimum Gasteiger partial charge on any atom is -0.382 e. The molecule has 0 amide bonds. The molecule has 3 fully saturated rings. The molecule has 0 unspecified atom stereocenters. The van der Waals surface area contributed by atoms with E-state index in [4.69, 9.17) is 32.5 Å². The summed E-state index contributed by atoms with van der Waals surface area (Å²) in [5, 5.41) is 17.7. The van der Waals surface area contributed by atoms with Crippen molar-refractivity contribution < 1.29 is 18.8 Å². The molecule has 11 heteroatoms. The number of fused-ring (bicyclic) bond motifs is 3. The lowest BCUT2D eigenvalue weighted by Crippen LogP contribution is -2.44. The third kappa shape index (κ3) is 4.12. The van der Waals surface area contributed by atoms with Crippen molar-refractivity contribution in [2.24, 2.45) is 11.8 Å². The van der Waals surface area contributed by atoms with E-state index in [0.29, 0.717) is 61.7 Å². The van der Waals surface area contributed by atoms with Crippen LogP contribution in [0.15, 0.2) is 33.5 Å². The Morgan fingerprint density at radius 3 is 2.53 bits per heavy atom. The highest BCUT2D eigenvalue weighted by Crippen LogP contribution is 2.57. The number of pyridine rings is 1. The topological polar surface area (TPSA) is 81.3 Å². The number of rotatable bonds is 6. The smallest absolute Gasteiger partial charge is 0.151 e. The molecule has 3 heterocycles. The van der Waals surface area contributed by atoms with E-state index < -0.39 is 5.60 Å². The molecular formula is C27H23BrCl2FN3O3S. The lowest BCUT2D eigenvalue weighted by molar-refractivity contribution is -0.116. The summed E-state index contributed by atoms with van der Waals surface area (Å²) in [5.41, 5.74) is 1.33. The minimum atomic E-state index is -1.07. The Balaban J connectivity index is 1.14. The molecule has 4 atom stereocenters. The van der Waals surface area contributed by atoms with Crippen LogP contribution in [0.1, 0.15) is 60.8 Å². The fourth-order valence-corrected chi connectivity index (χ4v) is 8.67. The van der Waals surface area contributed by atoms with Gasteiger partial charge in [0.05, 0.1) is 27.5 Å². The van der Waals surface area contributed by atoms with Crippen LogP contribution in [-0.2, 0) is 16.9 Å². The van der Waals surface area contributed by atoms with Crippen LogP contribution in [0.5, 0.6) is 0 Å². The fraction of sp³-hybridized carbons (Fsp3) is 0.444. The van der Waals surface area contributed by atoms with E-state index in [0.717, 1.165) is 41.7 Å². The molecule has 0 spiro atoms. The van der Waals surface area contributed by atoms with E-state index >= 15 is 0 Å². The molecule has 6 nitrogen and oxygen atoms in total. The first-order valence-electron chi connectivity index (χ1n) is 12.7. The minimum absolute atomic E-state index is 0.00718. The van der Waals surface area contributed by atoms with Crippen molar-refractivity contribution in [2.45, 2.75) is 62.8 Å². The Morgan fingerprint density at radius 1 is 1.13 bits per heavy atom. The third-order valence-electron chi connectivity index (χ3n) is 8.28. The number of aromatic nitrogens is 3. The molecule has 0 aliphatic heterocycles. The Hall–Kier alpha value is -1.62. The Kier molecular flexibility index (Phi) is 6.33. The molecule has 0 saturated heterocycles. The van der Waals surface area contributed by atoms with E-state index in [-0.39, 0.29) is 23.8 Å². The molecule has 2 bridgehead atoms. The van der Waals surface area contributed by atoms with Gasteiger partial charge in [0.15, 0.2) is 5.82 Å². The van der Waals surface area contributed by atoms with Crippen molar-refractivity contribution in [2.75, 3.05) is 0 Å². The van der Waals surface area contributed by atoms with Gasteiger partial charge in [0, 0.05) is 33.9 Å². The molecule has 3 aliphatic carbocycles. The number of nitrogens with zero attached hydrogens (tertiary/aromatic N) is 3. The Labute approximate surface area is 240 Å². The quantitative estimate of drug-likeness (QED) is 0.230. The highest BCUT2D eigenvalue weighted by atomic mass is 79.9. The number of aliphatic hydroxyl groups is 1. The van der Waals surface area contributed by atoms with E-state index in [1.807, 2.05) is 6.07 Å². The second kappa shape index (κ2) is 9.49. The third-order valence-corrected chi connectivity index (χ3v) is 10.5. The highest BCUT2D eigenvalue weighted by molar-refractivity contribution is 9.10. The van der Waals surface area contributed by atoms with Gasteiger partial charge in [-0.25, -0.2) is 9.37 Å². The first-order valence-corrected chi connectivity index (χ1v) is 15.1. The van der Waals surface area contributed by atoms with Gasteiger partial charge in [-0.1, -0.05) is 44.3 Å². The summed E-state index contributed by atoms with van der Waals surface area (Å²) in [7, 11) is 0. The summed E-state index contributed by atoms with van der Waals surface area (Å²) in [4.78, 5) is 8.64. The van der Waals surface area contributed by atoms with Crippen molar-refractivity contribution in [1.29, 1.82) is 0 Å². The van der Waals surface area contributed by atoms with Crippen molar-refractivity contribution >= 4 is 60.7 Å². The molecule has 38 heavy (non-hydrogen) atoms. The van der Waals surface area contributed by atoms with Gasteiger partial charge < -0.3 is 14.4 Å². The van der Waals surface area contributed by atoms with Gasteiger partial charge in [0.1, 0.15) is 27.6 Å². The summed E-state index contributed by atoms with van der Waals surface area (Å²) >= 11 is 17.6. The maximum absolute atomic E-state index is 14.5. The van der Waals surface area contributed by atoms with Crippen LogP contribution in [0.2, 0.25) is 10.0 Å². The van der Waals surface area contributed by atoms with Gasteiger partial charge >= 0.3 is 0 Å². The van der Waals surface area contributed by atoms with Crippen LogP contribution in [0, 0.1) is 17.7 Å². The SMILES string of the molecule is O[C@]1(c2nc3c(F)cc(Br)cc3s2)[C@@H]2CC[C@H]1C[C@@H](OCc1c(-c3c(Cl)cncc3Cl)noc1C1CC1)C2. The number of hydrogen-bond donors (Lipinski definition) is 1. The Bertz CT molecular complexity index is 1520. The maximum atomic E-state index is 14.5. The second-order valence-corrected chi connectivity index (χ2v) is 13.3. The largest absolute Gasteiger partial charge is 0.382 e. The van der Waals surface area contributed by atoms with Crippen LogP contribution >= 0.6 is 50.5 Å². The normalized spacial score (nSPS) is 26.9. The summed E-state index contributed by atoms with van der Waals surface area (Å²) < 4.78 is 28.2. The van der Waals surface area contributed by atoms with E-state index in [1.54, 1.807) is 12.4 Å². The molecule has 4 aromatic rings. The fourth-order valence-electron chi connectivity index (χ4n) is 6.28. The van der Waals surface area contributed by atoms with Gasteiger partial charge in [0.25, 0.3) is 0 Å². The molecule has 1 aromatic carbocycles. The van der Waals surface area contributed by atoms with Crippen LogP contribution in [0.3, 0.4) is 0 Å². The van der Waals surface area contributed by atoms with E-state index in [9.17, 15) is 9.50 Å².